The summed E-state index contributed by atoms with van der Waals surface area (Å²) < 4.78 is 0. The fourth-order valence-corrected chi connectivity index (χ4v) is 3.26. The number of carbonyl (C=O) groups excluding carboxylic acids is 3. The lowest BCUT2D eigenvalue weighted by Gasteiger charge is -2.19. The molecule has 172 valence electrons. The summed E-state index contributed by atoms with van der Waals surface area (Å²) in [4.78, 5) is 42.5. The normalized spacial score (nSPS) is 11.8. The first-order valence-corrected chi connectivity index (χ1v) is 11.1. The molecule has 0 unspecified atom stereocenters. The number of hydrogen-bond acceptors (Lipinski definition) is 4. The third-order valence-electron chi connectivity index (χ3n) is 5.28. The summed E-state index contributed by atoms with van der Waals surface area (Å²) in [6.07, 6.45) is 2.30. The van der Waals surface area contributed by atoms with Gasteiger partial charge in [-0.15, -0.1) is 0 Å². The van der Waals surface area contributed by atoms with Crippen LogP contribution in [0.15, 0.2) is 60.8 Å². The Balaban J connectivity index is 1.70. The minimum Gasteiger partial charge on any atom is -0.354 e. The van der Waals surface area contributed by atoms with E-state index in [1.54, 1.807) is 18.2 Å². The van der Waals surface area contributed by atoms with Crippen molar-refractivity contribution in [3.8, 4) is 0 Å². The standard InChI is InChI=1S/C26H30N4O3/c1-17(2)12-13-27-26(33)23(16-29-24(31)19-10-8-18(3)9-11-19)30-25(32)21-14-20-6-4-5-7-22(20)28-15-21/h4-11,14-15,17,23H,12-13,16H2,1-3H3,(H,27,33)(H,29,31)(H,30,32)/t23-/m0/s1. The Labute approximate surface area is 194 Å². The molecular formula is C26H30N4O3. The molecule has 1 atom stereocenters. The number of nitrogens with one attached hydrogen (secondary N) is 3. The lowest BCUT2D eigenvalue weighted by molar-refractivity contribution is -0.122. The third-order valence-corrected chi connectivity index (χ3v) is 5.28. The molecule has 0 saturated heterocycles. The molecular weight excluding hydrogens is 416 g/mol. The van der Waals surface area contributed by atoms with E-state index in [2.05, 4.69) is 34.8 Å². The van der Waals surface area contributed by atoms with Gasteiger partial charge in [0.2, 0.25) is 5.91 Å². The van der Waals surface area contributed by atoms with E-state index in [9.17, 15) is 14.4 Å². The first-order chi connectivity index (χ1) is 15.8. The van der Waals surface area contributed by atoms with Gasteiger partial charge in [-0.3, -0.25) is 19.4 Å². The fourth-order valence-electron chi connectivity index (χ4n) is 3.26. The van der Waals surface area contributed by atoms with Crippen LogP contribution >= 0.6 is 0 Å². The van der Waals surface area contributed by atoms with Gasteiger partial charge in [0.25, 0.3) is 11.8 Å². The van der Waals surface area contributed by atoms with E-state index in [4.69, 9.17) is 0 Å². The average Bonchev–Trinajstić information content (AvgIpc) is 2.81. The number of amides is 3. The van der Waals surface area contributed by atoms with Crippen LogP contribution in [0.1, 0.15) is 46.5 Å². The van der Waals surface area contributed by atoms with Gasteiger partial charge in [-0.25, -0.2) is 0 Å². The van der Waals surface area contributed by atoms with E-state index >= 15 is 0 Å². The second kappa shape index (κ2) is 11.2. The number of aryl methyl sites for hydroxylation is 1. The molecule has 2 aromatic carbocycles. The Morgan fingerprint density at radius 3 is 2.36 bits per heavy atom. The summed E-state index contributed by atoms with van der Waals surface area (Å²) in [6, 6.07) is 15.4. The number of fused-ring (bicyclic) bond motifs is 1. The number of hydrogen-bond donors (Lipinski definition) is 3. The maximum Gasteiger partial charge on any atom is 0.253 e. The van der Waals surface area contributed by atoms with Gasteiger partial charge < -0.3 is 16.0 Å². The van der Waals surface area contributed by atoms with Gasteiger partial charge >= 0.3 is 0 Å². The summed E-state index contributed by atoms with van der Waals surface area (Å²) in [7, 11) is 0. The number of carbonyl (C=O) groups is 3. The molecule has 7 heteroatoms. The molecule has 0 spiro atoms. The lowest BCUT2D eigenvalue weighted by Crippen LogP contribution is -2.52. The second-order valence-corrected chi connectivity index (χ2v) is 8.49. The zero-order valence-electron chi connectivity index (χ0n) is 19.2. The van der Waals surface area contributed by atoms with Gasteiger partial charge in [-0.1, -0.05) is 49.7 Å². The van der Waals surface area contributed by atoms with Crippen LogP contribution in [0.4, 0.5) is 0 Å². The Morgan fingerprint density at radius 2 is 1.64 bits per heavy atom. The zero-order valence-corrected chi connectivity index (χ0v) is 19.2. The van der Waals surface area contributed by atoms with E-state index in [0.717, 1.165) is 22.9 Å². The second-order valence-electron chi connectivity index (χ2n) is 8.49. The van der Waals surface area contributed by atoms with Gasteiger partial charge in [-0.2, -0.15) is 0 Å². The molecule has 0 bridgehead atoms. The molecule has 0 aliphatic heterocycles. The molecule has 1 aromatic heterocycles. The Morgan fingerprint density at radius 1 is 0.909 bits per heavy atom. The maximum atomic E-state index is 12.9. The third kappa shape index (κ3) is 6.87. The van der Waals surface area contributed by atoms with Crippen molar-refractivity contribution in [1.82, 2.24) is 20.9 Å². The van der Waals surface area contributed by atoms with E-state index in [1.807, 2.05) is 43.3 Å². The van der Waals surface area contributed by atoms with Gasteiger partial charge in [0.05, 0.1) is 11.1 Å². The topological polar surface area (TPSA) is 100 Å². The Bertz CT molecular complexity index is 1130. The summed E-state index contributed by atoms with van der Waals surface area (Å²) in [5.74, 6) is -0.649. The Hall–Kier alpha value is -3.74. The molecule has 0 saturated carbocycles. The molecule has 0 fully saturated rings. The van der Waals surface area contributed by atoms with Crippen molar-refractivity contribution >= 4 is 28.6 Å². The highest BCUT2D eigenvalue weighted by atomic mass is 16.2. The highest BCUT2D eigenvalue weighted by Gasteiger charge is 2.22. The molecule has 3 rings (SSSR count). The van der Waals surface area contributed by atoms with E-state index in [-0.39, 0.29) is 18.4 Å². The summed E-state index contributed by atoms with van der Waals surface area (Å²) in [5, 5.41) is 9.18. The van der Waals surface area contributed by atoms with Crippen molar-refractivity contribution in [3.63, 3.8) is 0 Å². The quantitative estimate of drug-likeness (QED) is 0.470. The summed E-state index contributed by atoms with van der Waals surface area (Å²) >= 11 is 0. The molecule has 33 heavy (non-hydrogen) atoms. The molecule has 3 amide bonds. The molecule has 1 heterocycles. The van der Waals surface area contributed by atoms with Crippen LogP contribution < -0.4 is 16.0 Å². The Kier molecular flexibility index (Phi) is 8.13. The number of nitrogens with zero attached hydrogens (tertiary/aromatic N) is 1. The van der Waals surface area contributed by atoms with Crippen molar-refractivity contribution in [2.24, 2.45) is 5.92 Å². The predicted molar refractivity (Wildman–Crippen MR) is 129 cm³/mol. The van der Waals surface area contributed by atoms with E-state index in [1.165, 1.54) is 6.20 Å². The van der Waals surface area contributed by atoms with Crippen LogP contribution in [0.5, 0.6) is 0 Å². The predicted octanol–water partition coefficient (Wildman–Crippen LogP) is 3.23. The van der Waals surface area contributed by atoms with Crippen LogP contribution in [0, 0.1) is 12.8 Å². The fraction of sp³-hybridized carbons (Fsp3) is 0.308. The molecule has 0 aliphatic rings. The van der Waals surface area contributed by atoms with Crippen LogP contribution in [0.3, 0.4) is 0 Å². The monoisotopic (exact) mass is 446 g/mol. The van der Waals surface area contributed by atoms with Crippen LogP contribution in [-0.4, -0.2) is 41.8 Å². The maximum absolute atomic E-state index is 12.9. The van der Waals surface area contributed by atoms with Crippen molar-refractivity contribution in [3.05, 3.63) is 77.5 Å². The molecule has 7 nitrogen and oxygen atoms in total. The van der Waals surface area contributed by atoms with Crippen molar-refractivity contribution < 1.29 is 14.4 Å². The van der Waals surface area contributed by atoms with Gasteiger partial charge in [0, 0.05) is 30.2 Å². The zero-order chi connectivity index (χ0) is 23.8. The minimum atomic E-state index is -0.925. The SMILES string of the molecule is Cc1ccc(C(=O)NC[C@H](NC(=O)c2cnc3ccccc3c2)C(=O)NCCC(C)C)cc1. The molecule has 3 aromatic rings. The van der Waals surface area contributed by atoms with Gasteiger partial charge in [-0.05, 0) is 43.5 Å². The van der Waals surface area contributed by atoms with Crippen molar-refractivity contribution in [1.29, 1.82) is 0 Å². The number of pyridine rings is 1. The van der Waals surface area contributed by atoms with Crippen LogP contribution in [0.25, 0.3) is 10.9 Å². The minimum absolute atomic E-state index is 0.0348. The average molecular weight is 447 g/mol. The van der Waals surface area contributed by atoms with Crippen LogP contribution in [0.2, 0.25) is 0 Å². The largest absolute Gasteiger partial charge is 0.354 e. The van der Waals surface area contributed by atoms with E-state index in [0.29, 0.717) is 23.6 Å². The number of para-hydroxylation sites is 1. The lowest BCUT2D eigenvalue weighted by atomic mass is 10.1. The molecule has 0 radical (unpaired) electrons. The van der Waals surface area contributed by atoms with Gasteiger partial charge in [0.1, 0.15) is 6.04 Å². The van der Waals surface area contributed by atoms with E-state index < -0.39 is 11.9 Å². The van der Waals surface area contributed by atoms with Crippen molar-refractivity contribution in [2.75, 3.05) is 13.1 Å². The molecule has 3 N–H and O–H groups in total. The highest BCUT2D eigenvalue weighted by molar-refractivity contribution is 6.00. The van der Waals surface area contributed by atoms with Crippen molar-refractivity contribution in [2.45, 2.75) is 33.2 Å². The molecule has 0 aliphatic carbocycles. The smallest absolute Gasteiger partial charge is 0.253 e. The van der Waals surface area contributed by atoms with Gasteiger partial charge in [0.15, 0.2) is 0 Å². The first kappa shape index (κ1) is 23.9. The number of benzene rings is 2. The number of aromatic nitrogens is 1. The van der Waals surface area contributed by atoms with Crippen LogP contribution in [-0.2, 0) is 4.79 Å². The first-order valence-electron chi connectivity index (χ1n) is 11.1. The number of rotatable bonds is 9. The highest BCUT2D eigenvalue weighted by Crippen LogP contribution is 2.13. The summed E-state index contributed by atoms with van der Waals surface area (Å²) in [5.41, 5.74) is 2.66. The summed E-state index contributed by atoms with van der Waals surface area (Å²) in [6.45, 7) is 6.54.